The number of hydrogen-bond donors (Lipinski definition) is 0. The number of benzene rings is 1. The molecule has 1 fully saturated rings. The van der Waals surface area contributed by atoms with Crippen molar-refractivity contribution < 1.29 is 9.47 Å². The normalized spacial score (nSPS) is 16.3. The van der Waals surface area contributed by atoms with E-state index in [0.717, 1.165) is 60.2 Å². The largest absolute Gasteiger partial charge is 0.350 e. The van der Waals surface area contributed by atoms with Crippen molar-refractivity contribution in [3.63, 3.8) is 0 Å². The molecule has 0 bridgehead atoms. The fourth-order valence-electron chi connectivity index (χ4n) is 4.30. The molecule has 0 N–H and O–H groups in total. The lowest BCUT2D eigenvalue weighted by Crippen LogP contribution is -2.36. The molecule has 0 radical (unpaired) electrons. The van der Waals surface area contributed by atoms with Crippen LogP contribution >= 0.6 is 35.0 Å². The molecular weight excluding hydrogens is 475 g/mol. The van der Waals surface area contributed by atoms with E-state index in [0.29, 0.717) is 22.6 Å². The zero-order chi connectivity index (χ0) is 23.8. The number of aromatic nitrogens is 2. The molecule has 1 aliphatic carbocycles. The first-order valence-electron chi connectivity index (χ1n) is 12.3. The minimum absolute atomic E-state index is 0.314. The molecule has 1 saturated carbocycles. The van der Waals surface area contributed by atoms with Crippen molar-refractivity contribution >= 4 is 35.0 Å². The Bertz CT molecular complexity index is 872. The van der Waals surface area contributed by atoms with E-state index in [1.165, 1.54) is 25.7 Å². The number of halogens is 2. The Morgan fingerprint density at radius 3 is 2.27 bits per heavy atom. The Labute approximate surface area is 213 Å². The van der Waals surface area contributed by atoms with Crippen molar-refractivity contribution in [3.05, 3.63) is 39.8 Å². The lowest BCUT2D eigenvalue weighted by atomic mass is 10.1. The maximum atomic E-state index is 6.50. The molecule has 1 aliphatic rings. The van der Waals surface area contributed by atoms with E-state index in [1.54, 1.807) is 17.8 Å². The fraction of sp³-hybridized carbons (Fsp3) is 0.654. The zero-order valence-corrected chi connectivity index (χ0v) is 22.8. The summed E-state index contributed by atoms with van der Waals surface area (Å²) in [4.78, 5) is 6.02. The van der Waals surface area contributed by atoms with Gasteiger partial charge in [0.05, 0.1) is 18.9 Å². The van der Waals surface area contributed by atoms with Crippen LogP contribution in [0.25, 0.3) is 0 Å². The first-order valence-corrected chi connectivity index (χ1v) is 13.9. The highest BCUT2D eigenvalue weighted by molar-refractivity contribution is 7.99. The minimum atomic E-state index is -0.424. The monoisotopic (exact) mass is 512 g/mol. The van der Waals surface area contributed by atoms with E-state index in [9.17, 15) is 0 Å². The molecule has 0 amide bonds. The molecule has 33 heavy (non-hydrogen) atoms. The molecule has 1 heterocycles. The van der Waals surface area contributed by atoms with Gasteiger partial charge >= 0.3 is 0 Å². The molecule has 0 unspecified atom stereocenters. The van der Waals surface area contributed by atoms with E-state index < -0.39 is 5.79 Å². The van der Waals surface area contributed by atoms with Crippen LogP contribution in [0.2, 0.25) is 10.0 Å². The van der Waals surface area contributed by atoms with Crippen molar-refractivity contribution in [2.24, 2.45) is 7.05 Å². The molecule has 0 saturated heterocycles. The van der Waals surface area contributed by atoms with Crippen LogP contribution in [0.3, 0.4) is 0 Å². The average Bonchev–Trinajstić information content (AvgIpc) is 2.91. The van der Waals surface area contributed by atoms with Gasteiger partial charge in [-0.2, -0.15) is 0 Å². The third-order valence-corrected chi connectivity index (χ3v) is 7.76. The molecule has 1 aromatic heterocycles. The van der Waals surface area contributed by atoms with Gasteiger partial charge in [0.2, 0.25) is 0 Å². The van der Waals surface area contributed by atoms with Gasteiger partial charge in [-0.15, -0.1) is 0 Å². The summed E-state index contributed by atoms with van der Waals surface area (Å²) in [5, 5.41) is 2.41. The zero-order valence-electron chi connectivity index (χ0n) is 20.5. The maximum Gasteiger partial charge on any atom is 0.168 e. The Morgan fingerprint density at radius 1 is 1.03 bits per heavy atom. The van der Waals surface area contributed by atoms with Crippen molar-refractivity contribution in [1.29, 1.82) is 0 Å². The van der Waals surface area contributed by atoms with Gasteiger partial charge in [-0.05, 0) is 43.4 Å². The minimum Gasteiger partial charge on any atom is -0.350 e. The lowest BCUT2D eigenvalue weighted by Gasteiger charge is -2.33. The summed E-state index contributed by atoms with van der Waals surface area (Å²) >= 11 is 14.1. The van der Waals surface area contributed by atoms with Gasteiger partial charge in [0.25, 0.3) is 0 Å². The standard InChI is InChI=1S/C26H38Cl2N2O2S/c1-5-6-14-31-26(12-9-7-8-10-13-26)32-15-11-23-29-24(19(2)3)25(30(23)4)33-22-17-20(27)16-21(28)18-22/h16-19H,5-15H2,1-4H3. The van der Waals surface area contributed by atoms with E-state index in [2.05, 4.69) is 32.4 Å². The second-order valence-corrected chi connectivity index (χ2v) is 11.2. The molecule has 2 aromatic rings. The predicted molar refractivity (Wildman–Crippen MR) is 139 cm³/mol. The summed E-state index contributed by atoms with van der Waals surface area (Å²) in [5.74, 6) is 0.924. The summed E-state index contributed by atoms with van der Waals surface area (Å²) in [6.45, 7) is 7.95. The molecule has 0 atom stereocenters. The van der Waals surface area contributed by atoms with Crippen LogP contribution in [0.4, 0.5) is 0 Å². The first-order chi connectivity index (χ1) is 15.8. The number of hydrogen-bond acceptors (Lipinski definition) is 4. The number of imidazole rings is 1. The van der Waals surface area contributed by atoms with Crippen LogP contribution in [0.5, 0.6) is 0 Å². The molecule has 1 aromatic carbocycles. The third kappa shape index (κ3) is 7.63. The Balaban J connectivity index is 1.72. The highest BCUT2D eigenvalue weighted by Gasteiger charge is 2.33. The summed E-state index contributed by atoms with van der Waals surface area (Å²) < 4.78 is 15.0. The Kier molecular flexibility index (Phi) is 10.4. The average molecular weight is 514 g/mol. The summed E-state index contributed by atoms with van der Waals surface area (Å²) in [6.07, 6.45) is 9.85. The van der Waals surface area contributed by atoms with E-state index in [1.807, 2.05) is 12.1 Å². The van der Waals surface area contributed by atoms with Gasteiger partial charge < -0.3 is 14.0 Å². The van der Waals surface area contributed by atoms with Crippen molar-refractivity contribution in [2.75, 3.05) is 13.2 Å². The molecule has 0 aliphatic heterocycles. The molecule has 4 nitrogen and oxygen atoms in total. The van der Waals surface area contributed by atoms with Crippen molar-refractivity contribution in [1.82, 2.24) is 9.55 Å². The number of rotatable bonds is 11. The number of ether oxygens (including phenoxy) is 2. The summed E-state index contributed by atoms with van der Waals surface area (Å²) in [6, 6.07) is 5.65. The van der Waals surface area contributed by atoms with E-state index >= 15 is 0 Å². The topological polar surface area (TPSA) is 36.3 Å². The van der Waals surface area contributed by atoms with Gasteiger partial charge in [-0.1, -0.05) is 75.0 Å². The van der Waals surface area contributed by atoms with Gasteiger partial charge in [-0.3, -0.25) is 0 Å². The second kappa shape index (κ2) is 12.8. The predicted octanol–water partition coefficient (Wildman–Crippen LogP) is 8.43. The highest BCUT2D eigenvalue weighted by atomic mass is 35.5. The molecule has 3 rings (SSSR count). The van der Waals surface area contributed by atoms with Gasteiger partial charge in [0.1, 0.15) is 10.9 Å². The van der Waals surface area contributed by atoms with Gasteiger partial charge in [-0.25, -0.2) is 4.98 Å². The maximum absolute atomic E-state index is 6.50. The summed E-state index contributed by atoms with van der Waals surface area (Å²) in [5.41, 5.74) is 1.09. The number of unbranched alkanes of at least 4 members (excludes halogenated alkanes) is 1. The van der Waals surface area contributed by atoms with E-state index in [4.69, 9.17) is 37.7 Å². The van der Waals surface area contributed by atoms with Crippen LogP contribution in [0, 0.1) is 0 Å². The van der Waals surface area contributed by atoms with Crippen LogP contribution in [0.1, 0.15) is 89.6 Å². The fourth-order valence-corrected chi connectivity index (χ4v) is 6.18. The SMILES string of the molecule is CCCCOC1(OCCc2nc(C(C)C)c(Sc3cc(Cl)cc(Cl)c3)n2C)CCCCCC1. The second-order valence-electron chi connectivity index (χ2n) is 9.26. The lowest BCUT2D eigenvalue weighted by molar-refractivity contribution is -0.244. The third-order valence-electron chi connectivity index (χ3n) is 6.18. The Morgan fingerprint density at radius 2 is 1.67 bits per heavy atom. The summed E-state index contributed by atoms with van der Waals surface area (Å²) in [7, 11) is 2.09. The molecule has 184 valence electrons. The first kappa shape index (κ1) is 26.9. The van der Waals surface area contributed by atoms with Crippen LogP contribution in [-0.2, 0) is 22.9 Å². The molecule has 0 spiro atoms. The van der Waals surface area contributed by atoms with Crippen LogP contribution in [-0.4, -0.2) is 28.6 Å². The van der Waals surface area contributed by atoms with Crippen molar-refractivity contribution in [3.8, 4) is 0 Å². The molecular formula is C26H38Cl2N2O2S. The van der Waals surface area contributed by atoms with Gasteiger partial charge in [0.15, 0.2) is 5.79 Å². The van der Waals surface area contributed by atoms with Crippen LogP contribution < -0.4 is 0 Å². The van der Waals surface area contributed by atoms with E-state index in [-0.39, 0.29) is 0 Å². The van der Waals surface area contributed by atoms with Crippen LogP contribution in [0.15, 0.2) is 28.1 Å². The highest BCUT2D eigenvalue weighted by Crippen LogP contribution is 2.37. The molecule has 7 heteroatoms. The van der Waals surface area contributed by atoms with Crippen molar-refractivity contribution in [2.45, 2.75) is 100 Å². The smallest absolute Gasteiger partial charge is 0.168 e. The Hall–Kier alpha value is -0.720. The quantitative estimate of drug-likeness (QED) is 0.172. The number of nitrogens with zero attached hydrogens (tertiary/aromatic N) is 2. The van der Waals surface area contributed by atoms with Gasteiger partial charge in [0, 0.05) is 41.3 Å².